The average molecular weight is 387 g/mol. The van der Waals surface area contributed by atoms with Gasteiger partial charge >= 0.3 is 5.97 Å². The quantitative estimate of drug-likeness (QED) is 0.526. The fourth-order valence-electron chi connectivity index (χ4n) is 2.09. The van der Waals surface area contributed by atoms with Crippen LogP contribution in [0.25, 0.3) is 0 Å². The lowest BCUT2D eigenvalue weighted by Gasteiger charge is -2.15. The molecule has 2 rings (SSSR count). The van der Waals surface area contributed by atoms with Gasteiger partial charge in [0.05, 0.1) is 31.5 Å². The van der Waals surface area contributed by atoms with Gasteiger partial charge < -0.3 is 20.1 Å². The lowest BCUT2D eigenvalue weighted by Crippen LogP contribution is -2.31. The number of carbonyl (C=O) groups excluding carboxylic acids is 2. The van der Waals surface area contributed by atoms with Crippen LogP contribution < -0.4 is 5.32 Å². The van der Waals surface area contributed by atoms with E-state index in [-0.39, 0.29) is 36.9 Å². The van der Waals surface area contributed by atoms with Crippen LogP contribution in [0.2, 0.25) is 0 Å². The number of halogens is 1. The molecule has 2 N–H and O–H groups in total. The van der Waals surface area contributed by atoms with Crippen LogP contribution in [0.5, 0.6) is 0 Å². The monoisotopic (exact) mass is 386 g/mol. The van der Waals surface area contributed by atoms with E-state index in [9.17, 15) is 9.59 Å². The Hall–Kier alpha value is -1.51. The number of aliphatic hydroxyl groups excluding tert-OH is 1. The molecule has 0 saturated carbocycles. The molecule has 0 aromatic heterocycles. The third-order valence-corrected chi connectivity index (χ3v) is 4.04. The molecule has 1 aliphatic rings. The van der Waals surface area contributed by atoms with E-state index in [4.69, 9.17) is 9.84 Å². The number of rotatable bonds is 5. The smallest absolute Gasteiger partial charge is 0.337 e. The Morgan fingerprint density at radius 1 is 1.55 bits per heavy atom. The van der Waals surface area contributed by atoms with Crippen LogP contribution in [0.4, 0.5) is 5.69 Å². The molecule has 1 amide bonds. The second kappa shape index (κ2) is 7.17. The van der Waals surface area contributed by atoms with Crippen molar-refractivity contribution in [1.82, 2.24) is 4.90 Å². The molecule has 0 unspecified atom stereocenters. The minimum Gasteiger partial charge on any atom is -0.466 e. The van der Waals surface area contributed by atoms with E-state index < -0.39 is 5.97 Å². The maximum Gasteiger partial charge on any atom is 0.337 e. The highest BCUT2D eigenvalue weighted by atomic mass is 79.9. The molecule has 0 saturated heterocycles. The second-order valence-electron chi connectivity index (χ2n) is 4.58. The predicted molar refractivity (Wildman–Crippen MR) is 87.7 cm³/mol. The summed E-state index contributed by atoms with van der Waals surface area (Å²) >= 11 is 7.67. The topological polar surface area (TPSA) is 78.9 Å². The van der Waals surface area contributed by atoms with Crippen LogP contribution in [-0.4, -0.2) is 48.7 Å². The van der Waals surface area contributed by atoms with Crippen molar-refractivity contribution in [3.63, 3.8) is 0 Å². The normalized spacial score (nSPS) is 14.5. The van der Waals surface area contributed by atoms with Crippen LogP contribution in [-0.2, 0) is 14.3 Å². The van der Waals surface area contributed by atoms with Crippen LogP contribution in [0.3, 0.4) is 0 Å². The fourth-order valence-corrected chi connectivity index (χ4v) is 2.90. The summed E-state index contributed by atoms with van der Waals surface area (Å²) in [5.41, 5.74) is 0.983. The first-order chi connectivity index (χ1) is 10.5. The Kier molecular flexibility index (Phi) is 5.49. The van der Waals surface area contributed by atoms with Gasteiger partial charge in [-0.3, -0.25) is 4.79 Å². The van der Waals surface area contributed by atoms with E-state index >= 15 is 0 Å². The first-order valence-corrected chi connectivity index (χ1v) is 7.69. The van der Waals surface area contributed by atoms with Crippen molar-refractivity contribution in [1.29, 1.82) is 0 Å². The maximum absolute atomic E-state index is 12.4. The summed E-state index contributed by atoms with van der Waals surface area (Å²) in [4.78, 5) is 26.2. The number of methoxy groups -OCH3 is 1. The fraction of sp³-hybridized carbons (Fsp3) is 0.286. The van der Waals surface area contributed by atoms with Gasteiger partial charge in [-0.1, -0.05) is 15.9 Å². The van der Waals surface area contributed by atoms with E-state index in [1.807, 2.05) is 0 Å². The number of benzene rings is 1. The number of anilines is 1. The number of esters is 1. The summed E-state index contributed by atoms with van der Waals surface area (Å²) in [5.74, 6) is -0.931. The van der Waals surface area contributed by atoms with Crippen molar-refractivity contribution in [2.75, 3.05) is 32.1 Å². The van der Waals surface area contributed by atoms with Gasteiger partial charge in [0.1, 0.15) is 5.70 Å². The van der Waals surface area contributed by atoms with Gasteiger partial charge in [0.25, 0.3) is 5.91 Å². The Bertz CT molecular complexity index is 648. The largest absolute Gasteiger partial charge is 0.466 e. The lowest BCUT2D eigenvalue weighted by atomic mass is 10.2. The molecule has 6 nitrogen and oxygen atoms in total. The number of hydrogen-bond donors (Lipinski definition) is 3. The zero-order chi connectivity index (χ0) is 16.3. The van der Waals surface area contributed by atoms with E-state index in [0.29, 0.717) is 10.6 Å². The molecule has 1 aromatic rings. The van der Waals surface area contributed by atoms with Gasteiger partial charge in [-0.05, 0) is 18.2 Å². The van der Waals surface area contributed by atoms with Gasteiger partial charge in [0.15, 0.2) is 0 Å². The molecular weight excluding hydrogens is 372 g/mol. The van der Waals surface area contributed by atoms with E-state index in [0.717, 1.165) is 4.47 Å². The Balaban J connectivity index is 2.34. The number of hydrogen-bond acceptors (Lipinski definition) is 6. The Morgan fingerprint density at radius 2 is 2.27 bits per heavy atom. The molecule has 0 atom stereocenters. The number of amides is 1. The highest BCUT2D eigenvalue weighted by Crippen LogP contribution is 2.28. The number of β-amino-alcohol motifs (C(OH)–C–C–N with tert-alkyl or cyclic N) is 1. The molecular formula is C14H15BrN2O4S. The Morgan fingerprint density at radius 3 is 2.86 bits per heavy atom. The van der Waals surface area contributed by atoms with Gasteiger partial charge in [0, 0.05) is 15.9 Å². The SMILES string of the molecule is COC(=O)C1=C(Nc2ccc(Br)cc2S)C(=O)N(CCO)C1. The molecule has 118 valence electrons. The Labute approximate surface area is 141 Å². The van der Waals surface area contributed by atoms with Crippen molar-refractivity contribution in [2.24, 2.45) is 0 Å². The molecule has 0 aliphatic carbocycles. The molecule has 8 heteroatoms. The van der Waals surface area contributed by atoms with Crippen LogP contribution in [0.1, 0.15) is 0 Å². The van der Waals surface area contributed by atoms with Crippen LogP contribution >= 0.6 is 28.6 Å². The van der Waals surface area contributed by atoms with Crippen LogP contribution in [0, 0.1) is 0 Å². The molecule has 0 bridgehead atoms. The summed E-state index contributed by atoms with van der Waals surface area (Å²) in [6.45, 7) is 0.0784. The minimum atomic E-state index is -0.575. The van der Waals surface area contributed by atoms with Crippen molar-refractivity contribution in [3.8, 4) is 0 Å². The molecule has 1 aromatic carbocycles. The molecule has 0 spiro atoms. The summed E-state index contributed by atoms with van der Waals surface area (Å²) < 4.78 is 5.57. The summed E-state index contributed by atoms with van der Waals surface area (Å²) in [6, 6.07) is 5.32. The number of nitrogens with one attached hydrogen (secondary N) is 1. The summed E-state index contributed by atoms with van der Waals surface area (Å²) in [5, 5.41) is 12.0. The first-order valence-electron chi connectivity index (χ1n) is 6.45. The van der Waals surface area contributed by atoms with E-state index in [1.54, 1.807) is 18.2 Å². The standard InChI is InChI=1S/C14H15BrN2O4S/c1-21-14(20)9-7-17(4-5-18)13(19)12(9)16-10-3-2-8(15)6-11(10)22/h2-3,6,16,18,22H,4-5,7H2,1H3. The molecule has 1 heterocycles. The molecule has 0 radical (unpaired) electrons. The molecule has 1 aliphatic heterocycles. The van der Waals surface area contributed by atoms with Gasteiger partial charge in [-0.15, -0.1) is 12.6 Å². The number of aliphatic hydroxyl groups is 1. The lowest BCUT2D eigenvalue weighted by molar-refractivity contribution is -0.136. The maximum atomic E-state index is 12.4. The van der Waals surface area contributed by atoms with Crippen molar-refractivity contribution in [2.45, 2.75) is 4.90 Å². The average Bonchev–Trinajstić information content (AvgIpc) is 2.79. The third-order valence-electron chi connectivity index (χ3n) is 3.17. The van der Waals surface area contributed by atoms with Crippen LogP contribution in [0.15, 0.2) is 38.8 Å². The zero-order valence-corrected chi connectivity index (χ0v) is 14.3. The van der Waals surface area contributed by atoms with Crippen molar-refractivity contribution >= 4 is 46.1 Å². The molecule has 22 heavy (non-hydrogen) atoms. The predicted octanol–water partition coefficient (Wildman–Crippen LogP) is 1.41. The minimum absolute atomic E-state index is 0.104. The highest BCUT2D eigenvalue weighted by Gasteiger charge is 2.34. The second-order valence-corrected chi connectivity index (χ2v) is 5.98. The first kappa shape index (κ1) is 16.9. The van der Waals surface area contributed by atoms with Crippen molar-refractivity contribution in [3.05, 3.63) is 33.9 Å². The number of nitrogens with zero attached hydrogens (tertiary/aromatic N) is 1. The zero-order valence-electron chi connectivity index (χ0n) is 11.8. The van der Waals surface area contributed by atoms with Crippen molar-refractivity contribution < 1.29 is 19.4 Å². The van der Waals surface area contributed by atoms with Gasteiger partial charge in [0.2, 0.25) is 0 Å². The summed E-state index contributed by atoms with van der Waals surface area (Å²) in [7, 11) is 1.26. The number of ether oxygens (including phenoxy) is 1. The van der Waals surface area contributed by atoms with Gasteiger partial charge in [-0.25, -0.2) is 4.79 Å². The molecule has 0 fully saturated rings. The number of thiol groups is 1. The van der Waals surface area contributed by atoms with E-state index in [1.165, 1.54) is 12.0 Å². The highest BCUT2D eigenvalue weighted by molar-refractivity contribution is 9.10. The number of carbonyl (C=O) groups is 2. The third kappa shape index (κ3) is 3.45. The van der Waals surface area contributed by atoms with E-state index in [2.05, 4.69) is 33.9 Å². The summed E-state index contributed by atoms with van der Waals surface area (Å²) in [6.07, 6.45) is 0. The van der Waals surface area contributed by atoms with Gasteiger partial charge in [-0.2, -0.15) is 0 Å².